The van der Waals surface area contributed by atoms with Crippen LogP contribution in [0.15, 0.2) is 72.8 Å². The van der Waals surface area contributed by atoms with Crippen molar-refractivity contribution in [1.29, 1.82) is 0 Å². The highest BCUT2D eigenvalue weighted by Gasteiger charge is 2.52. The summed E-state index contributed by atoms with van der Waals surface area (Å²) in [6.45, 7) is 21.6. The highest BCUT2D eigenvalue weighted by Crippen LogP contribution is 2.37. The standard InChI is InChI=1S/C26H35BN2O3.C13H17BO4/c1-25(2)26(3,4)32-27(31-25)23-12-10-22(11-13-23)24(30)18-20-6-8-21(9-7-20)19-29-16-14-28(5)15-17-29;1-12(2)13(3,4)18-14(17-12)10-7-5-9(6-8-10)11(15)16/h6-13H,14-19H2,1-5H3;5-8H,1-4H3,(H,15,16). The van der Waals surface area contributed by atoms with Crippen LogP contribution in [0, 0.1) is 0 Å². The molecule has 3 aromatic carbocycles. The molecule has 11 heteroatoms. The molecule has 6 rings (SSSR count). The van der Waals surface area contributed by atoms with E-state index in [-0.39, 0.29) is 33.8 Å². The lowest BCUT2D eigenvalue weighted by Gasteiger charge is -2.32. The van der Waals surface area contributed by atoms with Gasteiger partial charge in [0.1, 0.15) is 0 Å². The van der Waals surface area contributed by atoms with Gasteiger partial charge in [0, 0.05) is 44.7 Å². The Labute approximate surface area is 298 Å². The van der Waals surface area contributed by atoms with Gasteiger partial charge in [0.25, 0.3) is 0 Å². The third kappa shape index (κ3) is 8.76. The number of hydrogen-bond donors (Lipinski definition) is 1. The molecule has 0 amide bonds. The molecule has 3 aliphatic rings. The monoisotopic (exact) mass is 682 g/mol. The van der Waals surface area contributed by atoms with Crippen molar-refractivity contribution in [3.05, 3.63) is 95.1 Å². The molecule has 0 aliphatic carbocycles. The molecular formula is C39H52B2N2O7. The molecule has 50 heavy (non-hydrogen) atoms. The normalized spacial score (nSPS) is 21.1. The molecule has 0 bridgehead atoms. The van der Waals surface area contributed by atoms with Crippen LogP contribution in [0.5, 0.6) is 0 Å². The van der Waals surface area contributed by atoms with Gasteiger partial charge in [-0.1, -0.05) is 60.7 Å². The smallest absolute Gasteiger partial charge is 0.478 e. The van der Waals surface area contributed by atoms with E-state index < -0.39 is 20.2 Å². The third-order valence-corrected chi connectivity index (χ3v) is 10.8. The highest BCUT2D eigenvalue weighted by atomic mass is 16.7. The predicted molar refractivity (Wildman–Crippen MR) is 199 cm³/mol. The largest absolute Gasteiger partial charge is 0.494 e. The maximum absolute atomic E-state index is 12.8. The number of piperazine rings is 1. The van der Waals surface area contributed by atoms with E-state index in [1.54, 1.807) is 24.3 Å². The number of aromatic carboxylic acids is 1. The number of ketones is 1. The Kier molecular flexibility index (Phi) is 11.2. The maximum Gasteiger partial charge on any atom is 0.494 e. The van der Waals surface area contributed by atoms with Gasteiger partial charge >= 0.3 is 20.2 Å². The Morgan fingerprint density at radius 2 is 0.980 bits per heavy atom. The number of carbonyl (C=O) groups excluding carboxylic acids is 1. The molecule has 3 heterocycles. The zero-order valence-corrected chi connectivity index (χ0v) is 31.1. The van der Waals surface area contributed by atoms with E-state index in [9.17, 15) is 9.59 Å². The van der Waals surface area contributed by atoms with E-state index in [0.29, 0.717) is 12.0 Å². The first-order valence-corrected chi connectivity index (χ1v) is 17.5. The van der Waals surface area contributed by atoms with Gasteiger partial charge in [0.15, 0.2) is 5.78 Å². The van der Waals surface area contributed by atoms with Gasteiger partial charge in [-0.25, -0.2) is 4.79 Å². The first-order valence-electron chi connectivity index (χ1n) is 17.5. The molecule has 3 aliphatic heterocycles. The average Bonchev–Trinajstić information content (AvgIpc) is 3.42. The Morgan fingerprint density at radius 3 is 1.38 bits per heavy atom. The fraction of sp³-hybridized carbons (Fsp3) is 0.487. The van der Waals surface area contributed by atoms with Crippen LogP contribution in [0.1, 0.15) is 87.2 Å². The van der Waals surface area contributed by atoms with Gasteiger partial charge in [-0.3, -0.25) is 9.69 Å². The second-order valence-electron chi connectivity index (χ2n) is 15.7. The van der Waals surface area contributed by atoms with E-state index in [1.165, 1.54) is 5.56 Å². The van der Waals surface area contributed by atoms with Crippen molar-refractivity contribution in [3.8, 4) is 0 Å². The summed E-state index contributed by atoms with van der Waals surface area (Å²) < 4.78 is 24.0. The van der Waals surface area contributed by atoms with E-state index in [2.05, 4.69) is 41.1 Å². The predicted octanol–water partition coefficient (Wildman–Crippen LogP) is 4.84. The molecule has 0 aromatic heterocycles. The molecule has 3 aromatic rings. The number of hydrogen-bond acceptors (Lipinski definition) is 8. The van der Waals surface area contributed by atoms with Crippen LogP contribution in [0.25, 0.3) is 0 Å². The number of carbonyl (C=O) groups is 2. The van der Waals surface area contributed by atoms with Crippen LogP contribution in [0.2, 0.25) is 0 Å². The first-order chi connectivity index (χ1) is 23.4. The second kappa shape index (κ2) is 14.7. The van der Waals surface area contributed by atoms with Gasteiger partial charge in [0.2, 0.25) is 0 Å². The second-order valence-corrected chi connectivity index (χ2v) is 15.7. The fourth-order valence-corrected chi connectivity index (χ4v) is 5.88. The van der Waals surface area contributed by atoms with Gasteiger partial charge < -0.3 is 28.6 Å². The molecule has 3 fully saturated rings. The van der Waals surface area contributed by atoms with Crippen LogP contribution >= 0.6 is 0 Å². The van der Waals surface area contributed by atoms with Gasteiger partial charge in [-0.2, -0.15) is 0 Å². The van der Waals surface area contributed by atoms with Crippen LogP contribution < -0.4 is 10.9 Å². The van der Waals surface area contributed by atoms with Crippen molar-refractivity contribution in [2.75, 3.05) is 33.2 Å². The molecule has 9 nitrogen and oxygen atoms in total. The highest BCUT2D eigenvalue weighted by molar-refractivity contribution is 6.62. The van der Waals surface area contributed by atoms with E-state index in [1.807, 2.05) is 79.7 Å². The molecule has 3 saturated heterocycles. The quantitative estimate of drug-likeness (QED) is 0.265. The summed E-state index contributed by atoms with van der Waals surface area (Å²) in [7, 11) is 1.32. The number of benzene rings is 3. The van der Waals surface area contributed by atoms with Crippen LogP contribution in [0.4, 0.5) is 0 Å². The number of carboxylic acids is 1. The van der Waals surface area contributed by atoms with Crippen molar-refractivity contribution in [3.63, 3.8) is 0 Å². The topological polar surface area (TPSA) is 97.8 Å². The van der Waals surface area contributed by atoms with Crippen molar-refractivity contribution >= 4 is 36.9 Å². The summed E-state index contributed by atoms with van der Waals surface area (Å²) in [5, 5.41) is 8.84. The lowest BCUT2D eigenvalue weighted by Crippen LogP contribution is -2.43. The Balaban J connectivity index is 0.000000228. The van der Waals surface area contributed by atoms with E-state index in [4.69, 9.17) is 23.7 Å². The number of likely N-dealkylation sites (N-methyl/N-ethyl adjacent to an activating group) is 1. The molecule has 0 spiro atoms. The SMILES string of the molecule is CC1(C)OB(c2ccc(C(=O)O)cc2)OC1(C)C.CN1CCN(Cc2ccc(CC(=O)c3ccc(B4OC(C)(C)C(C)(C)O4)cc3)cc2)CC1. The summed E-state index contributed by atoms with van der Waals surface area (Å²) in [4.78, 5) is 28.4. The lowest BCUT2D eigenvalue weighted by molar-refractivity contribution is 0.00578. The summed E-state index contributed by atoms with van der Waals surface area (Å²) in [6.07, 6.45) is 0.407. The molecule has 0 radical (unpaired) electrons. The molecule has 0 saturated carbocycles. The van der Waals surface area contributed by atoms with Crippen LogP contribution in [0.3, 0.4) is 0 Å². The van der Waals surface area contributed by atoms with Crippen molar-refractivity contribution in [2.24, 2.45) is 0 Å². The molecule has 0 atom stereocenters. The van der Waals surface area contributed by atoms with Gasteiger partial charge in [0.05, 0.1) is 28.0 Å². The minimum atomic E-state index is -0.935. The number of carboxylic acid groups (broad SMARTS) is 1. The van der Waals surface area contributed by atoms with Gasteiger partial charge in [-0.05, 0) is 96.6 Å². The average molecular weight is 682 g/mol. The molecule has 0 unspecified atom stereocenters. The van der Waals surface area contributed by atoms with E-state index in [0.717, 1.165) is 49.2 Å². The van der Waals surface area contributed by atoms with Crippen LogP contribution in [-0.4, -0.2) is 96.5 Å². The fourth-order valence-electron chi connectivity index (χ4n) is 5.88. The molecule has 266 valence electrons. The van der Waals surface area contributed by atoms with Crippen molar-refractivity contribution < 1.29 is 33.3 Å². The number of nitrogens with zero attached hydrogens (tertiary/aromatic N) is 2. The van der Waals surface area contributed by atoms with Crippen molar-refractivity contribution in [1.82, 2.24) is 9.80 Å². The molecule has 1 N–H and O–H groups in total. The summed E-state index contributed by atoms with van der Waals surface area (Å²) in [6, 6.07) is 22.7. The zero-order valence-electron chi connectivity index (χ0n) is 31.1. The first kappa shape index (κ1) is 37.9. The minimum Gasteiger partial charge on any atom is -0.478 e. The molecular weight excluding hydrogens is 630 g/mol. The Bertz CT molecular complexity index is 1600. The Hall–Kier alpha value is -3.31. The zero-order chi connectivity index (χ0) is 36.5. The van der Waals surface area contributed by atoms with Crippen LogP contribution in [-0.2, 0) is 31.6 Å². The summed E-state index contributed by atoms with van der Waals surface area (Å²) in [5.41, 5.74) is 3.58. The van der Waals surface area contributed by atoms with Gasteiger partial charge in [-0.15, -0.1) is 0 Å². The summed E-state index contributed by atoms with van der Waals surface area (Å²) >= 11 is 0. The summed E-state index contributed by atoms with van der Waals surface area (Å²) in [5.74, 6) is -0.812. The third-order valence-electron chi connectivity index (χ3n) is 10.8. The number of Topliss-reactive ketones (excluding diaryl/α,β-unsaturated/α-hetero) is 1. The van der Waals surface area contributed by atoms with Crippen molar-refractivity contribution in [2.45, 2.75) is 90.8 Å². The van der Waals surface area contributed by atoms with E-state index >= 15 is 0 Å². The lowest BCUT2D eigenvalue weighted by atomic mass is 9.78. The number of rotatable bonds is 8. The maximum atomic E-state index is 12.8. The Morgan fingerprint density at radius 1 is 0.600 bits per heavy atom. The minimum absolute atomic E-state index is 0.122.